The summed E-state index contributed by atoms with van der Waals surface area (Å²) in [5.41, 5.74) is 3.25. The average molecular weight is 487 g/mol. The van der Waals surface area contributed by atoms with Crippen molar-refractivity contribution in [3.05, 3.63) is 35.5 Å². The summed E-state index contributed by atoms with van der Waals surface area (Å²) >= 11 is 6.47. The Bertz CT molecular complexity index is 1060. The molecule has 34 heavy (non-hydrogen) atoms. The maximum atomic E-state index is 6.47. The number of fused-ring (bicyclic) bond motifs is 1. The average Bonchev–Trinajstić information content (AvgIpc) is 3.32. The molecule has 0 unspecified atom stereocenters. The second-order valence-corrected chi connectivity index (χ2v) is 8.88. The maximum Gasteiger partial charge on any atom is 0.180 e. The minimum atomic E-state index is 0.577. The lowest BCUT2D eigenvalue weighted by Gasteiger charge is -2.26. The van der Waals surface area contributed by atoms with Crippen LogP contribution in [0.4, 0.5) is 5.69 Å². The third-order valence-electron chi connectivity index (χ3n) is 6.21. The van der Waals surface area contributed by atoms with E-state index in [1.807, 2.05) is 24.3 Å². The molecule has 0 spiro atoms. The number of morpholine rings is 2. The van der Waals surface area contributed by atoms with Gasteiger partial charge in [0.1, 0.15) is 23.7 Å². The Morgan fingerprint density at radius 2 is 1.65 bits per heavy atom. The van der Waals surface area contributed by atoms with Crippen molar-refractivity contribution >= 4 is 28.5 Å². The first-order chi connectivity index (χ1) is 16.8. The molecule has 10 heteroatoms. The van der Waals surface area contributed by atoms with Gasteiger partial charge in [0.15, 0.2) is 5.65 Å². The van der Waals surface area contributed by atoms with Gasteiger partial charge in [-0.2, -0.15) is 0 Å². The first kappa shape index (κ1) is 23.3. The van der Waals surface area contributed by atoms with Crippen molar-refractivity contribution in [2.75, 3.05) is 84.2 Å². The van der Waals surface area contributed by atoms with Gasteiger partial charge in [-0.3, -0.25) is 9.80 Å². The van der Waals surface area contributed by atoms with Crippen molar-refractivity contribution in [3.63, 3.8) is 0 Å². The van der Waals surface area contributed by atoms with Crippen LogP contribution >= 0.6 is 11.6 Å². The Morgan fingerprint density at radius 1 is 0.971 bits per heavy atom. The van der Waals surface area contributed by atoms with Gasteiger partial charge in [0, 0.05) is 51.4 Å². The van der Waals surface area contributed by atoms with E-state index in [2.05, 4.69) is 30.1 Å². The standard InChI is InChI=1S/C24H31ClN6O3/c25-20-17-27-24-22(21(20)26-5-6-30-7-12-32-13-8-30)28-23(29-24)18-1-3-19(4-2-18)34-16-11-31-9-14-33-15-10-31/h1-4,17H,5-16H2,(H2,26,27,28,29). The summed E-state index contributed by atoms with van der Waals surface area (Å²) in [6, 6.07) is 7.97. The summed E-state index contributed by atoms with van der Waals surface area (Å²) in [6.07, 6.45) is 1.65. The van der Waals surface area contributed by atoms with Gasteiger partial charge in [-0.15, -0.1) is 0 Å². The molecule has 182 valence electrons. The van der Waals surface area contributed by atoms with Gasteiger partial charge in [0.2, 0.25) is 0 Å². The number of halogens is 1. The Morgan fingerprint density at radius 3 is 2.35 bits per heavy atom. The quantitative estimate of drug-likeness (QED) is 0.477. The Hall–Kier alpha value is -2.43. The van der Waals surface area contributed by atoms with E-state index in [1.54, 1.807) is 6.20 Å². The van der Waals surface area contributed by atoms with Crippen LogP contribution in [0.1, 0.15) is 0 Å². The van der Waals surface area contributed by atoms with E-state index in [4.69, 9.17) is 25.8 Å². The summed E-state index contributed by atoms with van der Waals surface area (Å²) in [7, 11) is 0. The van der Waals surface area contributed by atoms with Gasteiger partial charge in [-0.25, -0.2) is 9.97 Å². The number of nitrogens with one attached hydrogen (secondary N) is 2. The van der Waals surface area contributed by atoms with Crippen LogP contribution in [0.25, 0.3) is 22.6 Å². The molecule has 9 nitrogen and oxygen atoms in total. The Kier molecular flexibility index (Phi) is 7.77. The van der Waals surface area contributed by atoms with Crippen molar-refractivity contribution in [1.29, 1.82) is 0 Å². The highest BCUT2D eigenvalue weighted by Gasteiger charge is 2.15. The van der Waals surface area contributed by atoms with E-state index in [0.29, 0.717) is 17.3 Å². The van der Waals surface area contributed by atoms with E-state index in [0.717, 1.165) is 101 Å². The van der Waals surface area contributed by atoms with Crippen LogP contribution in [-0.2, 0) is 9.47 Å². The Balaban J connectivity index is 1.21. The molecule has 2 aliphatic heterocycles. The van der Waals surface area contributed by atoms with Gasteiger partial charge in [0.05, 0.1) is 43.3 Å². The minimum absolute atomic E-state index is 0.577. The molecule has 2 N–H and O–H groups in total. The van der Waals surface area contributed by atoms with E-state index < -0.39 is 0 Å². The lowest BCUT2D eigenvalue weighted by molar-refractivity contribution is 0.0322. The fourth-order valence-corrected chi connectivity index (χ4v) is 4.44. The molecule has 0 atom stereocenters. The van der Waals surface area contributed by atoms with Crippen molar-refractivity contribution < 1.29 is 14.2 Å². The van der Waals surface area contributed by atoms with Crippen LogP contribution in [-0.4, -0.2) is 104 Å². The predicted molar refractivity (Wildman–Crippen MR) is 133 cm³/mol. The normalized spacial score (nSPS) is 17.8. The molecule has 2 aromatic heterocycles. The largest absolute Gasteiger partial charge is 0.492 e. The van der Waals surface area contributed by atoms with Crippen molar-refractivity contribution in [3.8, 4) is 17.1 Å². The maximum absolute atomic E-state index is 6.47. The van der Waals surface area contributed by atoms with Gasteiger partial charge in [0.25, 0.3) is 0 Å². The monoisotopic (exact) mass is 486 g/mol. The SMILES string of the molecule is Clc1cnc2nc(-c3ccc(OCCN4CCOCC4)cc3)[nH]c2c1NCCN1CCOCC1. The van der Waals surface area contributed by atoms with E-state index in [9.17, 15) is 0 Å². The fourth-order valence-electron chi connectivity index (χ4n) is 4.23. The summed E-state index contributed by atoms with van der Waals surface area (Å²) < 4.78 is 16.7. The highest BCUT2D eigenvalue weighted by molar-refractivity contribution is 6.34. The zero-order chi connectivity index (χ0) is 23.2. The molecular formula is C24H31ClN6O3. The number of aromatic nitrogens is 3. The van der Waals surface area contributed by atoms with Crippen molar-refractivity contribution in [2.45, 2.75) is 0 Å². The molecule has 2 saturated heterocycles. The zero-order valence-electron chi connectivity index (χ0n) is 19.3. The summed E-state index contributed by atoms with van der Waals surface area (Å²) in [5.74, 6) is 1.60. The first-order valence-corrected chi connectivity index (χ1v) is 12.3. The number of hydrogen-bond acceptors (Lipinski definition) is 8. The number of imidazole rings is 1. The Labute approximate surface area is 204 Å². The zero-order valence-corrected chi connectivity index (χ0v) is 20.0. The molecule has 0 amide bonds. The number of nitrogens with zero attached hydrogens (tertiary/aromatic N) is 4. The molecule has 3 aromatic rings. The summed E-state index contributed by atoms with van der Waals surface area (Å²) in [5, 5.41) is 4.05. The fraction of sp³-hybridized carbons (Fsp3) is 0.500. The number of hydrogen-bond donors (Lipinski definition) is 2. The van der Waals surface area contributed by atoms with E-state index in [-0.39, 0.29) is 0 Å². The third kappa shape index (κ3) is 5.79. The molecule has 1 aromatic carbocycles. The number of H-pyrrole nitrogens is 1. The minimum Gasteiger partial charge on any atom is -0.492 e. The third-order valence-corrected chi connectivity index (χ3v) is 6.50. The number of pyridine rings is 1. The van der Waals surface area contributed by atoms with E-state index in [1.165, 1.54) is 0 Å². The molecule has 0 saturated carbocycles. The second kappa shape index (κ2) is 11.3. The van der Waals surface area contributed by atoms with Gasteiger partial charge in [-0.05, 0) is 24.3 Å². The number of ether oxygens (including phenoxy) is 3. The van der Waals surface area contributed by atoms with Crippen LogP contribution in [0, 0.1) is 0 Å². The summed E-state index contributed by atoms with van der Waals surface area (Å²) in [6.45, 7) is 10.3. The van der Waals surface area contributed by atoms with Crippen LogP contribution in [0.15, 0.2) is 30.5 Å². The van der Waals surface area contributed by atoms with Crippen molar-refractivity contribution in [1.82, 2.24) is 24.8 Å². The van der Waals surface area contributed by atoms with Crippen LogP contribution in [0.2, 0.25) is 5.02 Å². The molecule has 0 aliphatic carbocycles. The molecule has 0 radical (unpaired) electrons. The number of anilines is 1. The lowest BCUT2D eigenvalue weighted by atomic mass is 10.2. The number of benzene rings is 1. The van der Waals surface area contributed by atoms with Crippen LogP contribution < -0.4 is 10.1 Å². The smallest absolute Gasteiger partial charge is 0.180 e. The van der Waals surface area contributed by atoms with Gasteiger partial charge >= 0.3 is 0 Å². The van der Waals surface area contributed by atoms with E-state index >= 15 is 0 Å². The summed E-state index contributed by atoms with van der Waals surface area (Å²) in [4.78, 5) is 17.2. The highest BCUT2D eigenvalue weighted by Crippen LogP contribution is 2.30. The first-order valence-electron chi connectivity index (χ1n) is 11.9. The van der Waals surface area contributed by atoms with Gasteiger partial charge in [-0.1, -0.05) is 11.6 Å². The van der Waals surface area contributed by atoms with Crippen molar-refractivity contribution in [2.24, 2.45) is 0 Å². The topological polar surface area (TPSA) is 87.8 Å². The second-order valence-electron chi connectivity index (χ2n) is 8.47. The van der Waals surface area contributed by atoms with Gasteiger partial charge < -0.3 is 24.5 Å². The number of aromatic amines is 1. The highest BCUT2D eigenvalue weighted by atomic mass is 35.5. The molecule has 5 rings (SSSR count). The molecule has 2 fully saturated rings. The molecule has 2 aliphatic rings. The number of rotatable bonds is 9. The molecular weight excluding hydrogens is 456 g/mol. The van der Waals surface area contributed by atoms with Crippen LogP contribution in [0.3, 0.4) is 0 Å². The molecule has 0 bridgehead atoms. The molecule has 4 heterocycles. The predicted octanol–water partition coefficient (Wildman–Crippen LogP) is 2.73. The lowest BCUT2D eigenvalue weighted by Crippen LogP contribution is -2.39. The van der Waals surface area contributed by atoms with Crippen LogP contribution in [0.5, 0.6) is 5.75 Å².